The molecule has 1 aliphatic heterocycles. The van der Waals surface area contributed by atoms with Crippen LogP contribution >= 0.6 is 0 Å². The fraction of sp³-hybridized carbons (Fsp3) is 0.833. The minimum Gasteiger partial charge on any atom is -0.394 e. The summed E-state index contributed by atoms with van der Waals surface area (Å²) in [5.41, 5.74) is 0. The van der Waals surface area contributed by atoms with Gasteiger partial charge in [-0.05, 0) is 6.92 Å². The molecule has 65 valence electrons. The topological polar surface area (TPSA) is 90.2 Å². The lowest BCUT2D eigenvalue weighted by atomic mass is 10.1. The monoisotopic (exact) mass is 163 g/mol. The van der Waals surface area contributed by atoms with Crippen molar-refractivity contribution in [2.45, 2.75) is 24.9 Å². The number of aliphatic hydroxyl groups is 4. The maximum atomic E-state index is 9.15. The van der Waals surface area contributed by atoms with Crippen molar-refractivity contribution in [1.82, 2.24) is 0 Å². The third-order valence-electron chi connectivity index (χ3n) is 1.67. The summed E-state index contributed by atoms with van der Waals surface area (Å²) in [6, 6.07) is 0. The van der Waals surface area contributed by atoms with Crippen LogP contribution in [0.2, 0.25) is 0 Å². The van der Waals surface area contributed by atoms with Gasteiger partial charge in [0.25, 0.3) is 0 Å². The van der Waals surface area contributed by atoms with Crippen LogP contribution in [0.5, 0.6) is 0 Å². The van der Waals surface area contributed by atoms with E-state index in [4.69, 9.17) is 25.2 Å². The number of aliphatic hydroxyl groups excluding tert-OH is 3. The van der Waals surface area contributed by atoms with Crippen LogP contribution in [-0.4, -0.2) is 45.0 Å². The quantitative estimate of drug-likeness (QED) is 0.372. The lowest BCUT2D eigenvalue weighted by Gasteiger charge is -2.18. The van der Waals surface area contributed by atoms with Gasteiger partial charge in [0, 0.05) is 0 Å². The Morgan fingerprint density at radius 3 is 2.36 bits per heavy atom. The lowest BCUT2D eigenvalue weighted by Crippen LogP contribution is -2.32. The maximum Gasteiger partial charge on any atom is 0.198 e. The smallest absolute Gasteiger partial charge is 0.198 e. The van der Waals surface area contributed by atoms with Gasteiger partial charge in [-0.15, -0.1) is 0 Å². The Labute approximate surface area is 63.8 Å². The van der Waals surface area contributed by atoms with E-state index in [0.29, 0.717) is 0 Å². The lowest BCUT2D eigenvalue weighted by molar-refractivity contribution is -0.192. The van der Waals surface area contributed by atoms with Gasteiger partial charge in [0.1, 0.15) is 12.2 Å². The SMILES string of the molecule is C[C@]1(O)O[C@H](CO)[C@H](O)[C]1O. The standard InChI is InChI=1S/C6H11O5/c1-6(10)5(9)4(8)3(2-7)11-6/h3-4,7-10H,2H2,1H3/t3-,4+,6+/m1/s1. The zero-order chi connectivity index (χ0) is 8.65. The Morgan fingerprint density at radius 2 is 2.18 bits per heavy atom. The largest absolute Gasteiger partial charge is 0.394 e. The molecule has 11 heavy (non-hydrogen) atoms. The molecule has 0 saturated carbocycles. The molecule has 4 N–H and O–H groups in total. The Bertz CT molecular complexity index is 146. The molecule has 1 rings (SSSR count). The zero-order valence-corrected chi connectivity index (χ0v) is 6.06. The molecular formula is C6H11O5. The molecule has 0 unspecified atom stereocenters. The Morgan fingerprint density at radius 1 is 1.64 bits per heavy atom. The summed E-state index contributed by atoms with van der Waals surface area (Å²) in [4.78, 5) is 0. The van der Waals surface area contributed by atoms with Crippen LogP contribution in [0.3, 0.4) is 0 Å². The average Bonchev–Trinajstić information content (AvgIpc) is 2.13. The Balaban J connectivity index is 2.69. The van der Waals surface area contributed by atoms with Gasteiger partial charge in [-0.2, -0.15) is 0 Å². The first-order valence-corrected chi connectivity index (χ1v) is 3.24. The Kier molecular flexibility index (Phi) is 2.17. The van der Waals surface area contributed by atoms with Crippen LogP contribution < -0.4 is 0 Å². The molecule has 1 fully saturated rings. The van der Waals surface area contributed by atoms with Gasteiger partial charge < -0.3 is 25.2 Å². The first-order valence-electron chi connectivity index (χ1n) is 3.24. The molecule has 5 nitrogen and oxygen atoms in total. The number of ether oxygens (including phenoxy) is 1. The number of rotatable bonds is 1. The summed E-state index contributed by atoms with van der Waals surface area (Å²) in [5.74, 6) is -1.84. The van der Waals surface area contributed by atoms with E-state index in [0.717, 1.165) is 0 Å². The molecule has 0 bridgehead atoms. The molecule has 1 saturated heterocycles. The van der Waals surface area contributed by atoms with Gasteiger partial charge in [-0.1, -0.05) is 0 Å². The van der Waals surface area contributed by atoms with E-state index in [1.54, 1.807) is 0 Å². The predicted octanol–water partition coefficient (Wildman–Crippen LogP) is -1.65. The zero-order valence-electron chi connectivity index (χ0n) is 6.06. The highest BCUT2D eigenvalue weighted by Gasteiger charge is 2.50. The first-order chi connectivity index (χ1) is 4.99. The molecule has 5 heteroatoms. The van der Waals surface area contributed by atoms with E-state index >= 15 is 0 Å². The summed E-state index contributed by atoms with van der Waals surface area (Å²) in [7, 11) is 0. The highest BCUT2D eigenvalue weighted by Crippen LogP contribution is 2.33. The van der Waals surface area contributed by atoms with Crippen LogP contribution in [0.4, 0.5) is 0 Å². The third-order valence-corrected chi connectivity index (χ3v) is 1.67. The highest BCUT2D eigenvalue weighted by atomic mass is 16.7. The van der Waals surface area contributed by atoms with Gasteiger partial charge in [-0.3, -0.25) is 0 Å². The summed E-state index contributed by atoms with van der Waals surface area (Å²) in [6.45, 7) is 0.753. The molecule has 1 heterocycles. The number of hydrogen-bond donors (Lipinski definition) is 4. The molecular weight excluding hydrogens is 152 g/mol. The van der Waals surface area contributed by atoms with Gasteiger partial charge in [0.15, 0.2) is 11.9 Å². The molecule has 1 radical (unpaired) electrons. The summed E-state index contributed by atoms with van der Waals surface area (Å²) >= 11 is 0. The number of hydrogen-bond acceptors (Lipinski definition) is 5. The predicted molar refractivity (Wildman–Crippen MR) is 33.8 cm³/mol. The summed E-state index contributed by atoms with van der Waals surface area (Å²) in [6.07, 6.45) is -2.81. The van der Waals surface area contributed by atoms with Gasteiger partial charge >= 0.3 is 0 Å². The van der Waals surface area contributed by atoms with E-state index in [9.17, 15) is 0 Å². The summed E-state index contributed by atoms with van der Waals surface area (Å²) in [5, 5.41) is 35.8. The Hall–Kier alpha value is -0.200. The van der Waals surface area contributed by atoms with Crippen LogP contribution in [0, 0.1) is 6.10 Å². The van der Waals surface area contributed by atoms with Crippen molar-refractivity contribution in [3.05, 3.63) is 6.10 Å². The van der Waals surface area contributed by atoms with E-state index in [-0.39, 0.29) is 0 Å². The molecule has 1 aliphatic rings. The van der Waals surface area contributed by atoms with Crippen molar-refractivity contribution in [1.29, 1.82) is 0 Å². The molecule has 3 atom stereocenters. The molecule has 0 spiro atoms. The minimum atomic E-state index is -1.84. The maximum absolute atomic E-state index is 9.15. The molecule has 0 aromatic carbocycles. The second-order valence-corrected chi connectivity index (χ2v) is 2.65. The van der Waals surface area contributed by atoms with Crippen molar-refractivity contribution in [2.24, 2.45) is 0 Å². The fourth-order valence-corrected chi connectivity index (χ4v) is 1.01. The molecule has 0 aromatic heterocycles. The van der Waals surface area contributed by atoms with Crippen molar-refractivity contribution >= 4 is 0 Å². The highest BCUT2D eigenvalue weighted by molar-refractivity contribution is 5.06. The average molecular weight is 163 g/mol. The van der Waals surface area contributed by atoms with E-state index in [2.05, 4.69) is 0 Å². The van der Waals surface area contributed by atoms with Crippen LogP contribution in [0.1, 0.15) is 6.92 Å². The molecule has 0 aliphatic carbocycles. The third kappa shape index (κ3) is 1.38. The van der Waals surface area contributed by atoms with E-state index in [1.165, 1.54) is 6.92 Å². The van der Waals surface area contributed by atoms with E-state index < -0.39 is 30.7 Å². The van der Waals surface area contributed by atoms with E-state index in [1.807, 2.05) is 0 Å². The second kappa shape index (κ2) is 2.69. The van der Waals surface area contributed by atoms with Crippen molar-refractivity contribution in [2.75, 3.05) is 6.61 Å². The van der Waals surface area contributed by atoms with Crippen molar-refractivity contribution in [3.63, 3.8) is 0 Å². The second-order valence-electron chi connectivity index (χ2n) is 2.65. The minimum absolute atomic E-state index is 0.443. The van der Waals surface area contributed by atoms with Gasteiger partial charge in [-0.25, -0.2) is 0 Å². The first kappa shape index (κ1) is 8.89. The molecule has 0 aromatic rings. The van der Waals surface area contributed by atoms with Gasteiger partial charge in [0.2, 0.25) is 0 Å². The fourth-order valence-electron chi connectivity index (χ4n) is 1.01. The molecule has 0 amide bonds. The van der Waals surface area contributed by atoms with Crippen LogP contribution in [0.25, 0.3) is 0 Å². The van der Waals surface area contributed by atoms with Crippen molar-refractivity contribution in [3.8, 4) is 0 Å². The van der Waals surface area contributed by atoms with Gasteiger partial charge in [0.05, 0.1) is 6.61 Å². The summed E-state index contributed by atoms with van der Waals surface area (Å²) < 4.78 is 4.69. The van der Waals surface area contributed by atoms with Crippen molar-refractivity contribution < 1.29 is 25.2 Å². The normalized spacial score (nSPS) is 46.6. The van der Waals surface area contributed by atoms with Crippen LogP contribution in [0.15, 0.2) is 0 Å². The van der Waals surface area contributed by atoms with Crippen LogP contribution in [-0.2, 0) is 4.74 Å².